The first-order valence-electron chi connectivity index (χ1n) is 3.90. The molecule has 0 unspecified atom stereocenters. The Morgan fingerprint density at radius 3 is 2.50 bits per heavy atom. The molecule has 0 aromatic heterocycles. The molecule has 0 aliphatic rings. The van der Waals surface area contributed by atoms with E-state index >= 15 is 0 Å². The first kappa shape index (κ1) is 12.8. The van der Waals surface area contributed by atoms with Crippen LogP contribution in [0, 0.1) is 0 Å². The summed E-state index contributed by atoms with van der Waals surface area (Å²) in [4.78, 5) is 11.0. The number of carbonyl (C=O) groups excluding carboxylic acids is 1. The number of hydrazine groups is 1. The number of nitrogens with one attached hydrogen (secondary N) is 1. The van der Waals surface area contributed by atoms with Gasteiger partial charge in [-0.15, -0.1) is 13.2 Å². The van der Waals surface area contributed by atoms with Gasteiger partial charge in [0.15, 0.2) is 0 Å². The molecule has 0 aliphatic carbocycles. The molecule has 1 amide bonds. The van der Waals surface area contributed by atoms with Crippen LogP contribution < -0.4 is 16.0 Å². The number of carbonyl (C=O) groups is 1. The first-order valence-corrected chi connectivity index (χ1v) is 4.69. The van der Waals surface area contributed by atoms with E-state index in [2.05, 4.69) is 20.7 Å². The second-order valence-electron chi connectivity index (χ2n) is 2.67. The number of hydrogen-bond acceptors (Lipinski definition) is 3. The fourth-order valence-corrected chi connectivity index (χ4v) is 1.39. The van der Waals surface area contributed by atoms with Gasteiger partial charge in [0.1, 0.15) is 5.75 Å². The van der Waals surface area contributed by atoms with E-state index in [1.54, 1.807) is 0 Å². The molecule has 88 valence electrons. The summed E-state index contributed by atoms with van der Waals surface area (Å²) in [6.07, 6.45) is -4.78. The maximum absolute atomic E-state index is 11.9. The molecule has 0 bridgehead atoms. The van der Waals surface area contributed by atoms with Gasteiger partial charge in [-0.1, -0.05) is 0 Å². The molecule has 0 fully saturated rings. The summed E-state index contributed by atoms with van der Waals surface area (Å²) >= 11 is 2.85. The van der Waals surface area contributed by atoms with Crippen LogP contribution in [-0.2, 0) is 0 Å². The summed E-state index contributed by atoms with van der Waals surface area (Å²) in [5.74, 6) is 3.83. The van der Waals surface area contributed by atoms with Crippen LogP contribution >= 0.6 is 15.9 Å². The van der Waals surface area contributed by atoms with Crippen molar-refractivity contribution < 1.29 is 22.7 Å². The average Bonchev–Trinajstić information content (AvgIpc) is 2.18. The molecule has 1 rings (SSSR count). The number of halogens is 4. The third-order valence-corrected chi connectivity index (χ3v) is 2.17. The predicted molar refractivity (Wildman–Crippen MR) is 52.5 cm³/mol. The number of rotatable bonds is 2. The minimum absolute atomic E-state index is 0.00549. The van der Waals surface area contributed by atoms with Gasteiger partial charge in [-0.3, -0.25) is 10.2 Å². The summed E-state index contributed by atoms with van der Waals surface area (Å²) in [5.41, 5.74) is 1.97. The van der Waals surface area contributed by atoms with E-state index < -0.39 is 18.0 Å². The fourth-order valence-electron chi connectivity index (χ4n) is 0.933. The van der Waals surface area contributed by atoms with Crippen molar-refractivity contribution in [3.05, 3.63) is 28.2 Å². The number of ether oxygens (including phenoxy) is 1. The largest absolute Gasteiger partial charge is 0.573 e. The van der Waals surface area contributed by atoms with Crippen LogP contribution in [0.2, 0.25) is 0 Å². The zero-order chi connectivity index (χ0) is 12.3. The van der Waals surface area contributed by atoms with Crippen molar-refractivity contribution in [2.45, 2.75) is 6.36 Å². The average molecular weight is 299 g/mol. The minimum Gasteiger partial charge on any atom is -0.405 e. The highest BCUT2D eigenvalue weighted by Crippen LogP contribution is 2.30. The Hall–Kier alpha value is -1.28. The van der Waals surface area contributed by atoms with Gasteiger partial charge in [0.05, 0.1) is 4.47 Å². The summed E-state index contributed by atoms with van der Waals surface area (Å²) in [6, 6.07) is 3.35. The Morgan fingerprint density at radius 1 is 1.44 bits per heavy atom. The van der Waals surface area contributed by atoms with Crippen molar-refractivity contribution >= 4 is 21.8 Å². The maximum atomic E-state index is 11.9. The van der Waals surface area contributed by atoms with Crippen LogP contribution in [0.1, 0.15) is 10.4 Å². The van der Waals surface area contributed by atoms with Crippen LogP contribution in [0.15, 0.2) is 22.7 Å². The molecule has 0 spiro atoms. The maximum Gasteiger partial charge on any atom is 0.573 e. The van der Waals surface area contributed by atoms with Gasteiger partial charge in [-0.25, -0.2) is 5.84 Å². The van der Waals surface area contributed by atoms with Gasteiger partial charge in [0.25, 0.3) is 5.91 Å². The van der Waals surface area contributed by atoms with E-state index in [-0.39, 0.29) is 10.0 Å². The lowest BCUT2D eigenvalue weighted by atomic mass is 10.2. The van der Waals surface area contributed by atoms with Crippen molar-refractivity contribution in [3.63, 3.8) is 0 Å². The smallest absolute Gasteiger partial charge is 0.405 e. The van der Waals surface area contributed by atoms with Gasteiger partial charge >= 0.3 is 6.36 Å². The Balaban J connectivity index is 2.96. The molecule has 0 radical (unpaired) electrons. The van der Waals surface area contributed by atoms with Crippen molar-refractivity contribution in [3.8, 4) is 5.75 Å². The number of nitrogen functional groups attached to an aromatic ring is 1. The minimum atomic E-state index is -4.78. The molecule has 1 aromatic carbocycles. The lowest BCUT2D eigenvalue weighted by Crippen LogP contribution is -2.30. The van der Waals surface area contributed by atoms with Crippen molar-refractivity contribution in [2.75, 3.05) is 0 Å². The van der Waals surface area contributed by atoms with E-state index in [0.717, 1.165) is 12.1 Å². The van der Waals surface area contributed by atoms with Gasteiger partial charge in [0, 0.05) is 5.56 Å². The quantitative estimate of drug-likeness (QED) is 0.498. The fraction of sp³-hybridized carbons (Fsp3) is 0.125. The Labute approximate surface area is 96.7 Å². The van der Waals surface area contributed by atoms with Crippen LogP contribution in [0.5, 0.6) is 5.75 Å². The van der Waals surface area contributed by atoms with E-state index in [1.807, 2.05) is 5.43 Å². The standard InChI is InChI=1S/C8H6BrF3N2O2/c9-5-3-4(7(15)14-13)1-2-6(5)16-8(10,11)12/h1-3H,13H2,(H,14,15). The second-order valence-corrected chi connectivity index (χ2v) is 3.52. The molecule has 0 saturated heterocycles. The molecule has 8 heteroatoms. The van der Waals surface area contributed by atoms with Gasteiger partial charge in [-0.05, 0) is 34.1 Å². The molecule has 3 N–H and O–H groups in total. The highest BCUT2D eigenvalue weighted by Gasteiger charge is 2.32. The Bertz CT molecular complexity index is 409. The summed E-state index contributed by atoms with van der Waals surface area (Å²) < 4.78 is 39.4. The highest BCUT2D eigenvalue weighted by molar-refractivity contribution is 9.10. The number of alkyl halides is 3. The SMILES string of the molecule is NNC(=O)c1ccc(OC(F)(F)F)c(Br)c1. The summed E-state index contributed by atoms with van der Waals surface area (Å²) in [5, 5.41) is 0. The molecule has 0 aliphatic heterocycles. The predicted octanol–water partition coefficient (Wildman–Crippen LogP) is 1.95. The topological polar surface area (TPSA) is 64.3 Å². The van der Waals surface area contributed by atoms with Crippen LogP contribution in [0.3, 0.4) is 0 Å². The second kappa shape index (κ2) is 4.71. The molecular weight excluding hydrogens is 293 g/mol. The molecular formula is C8H6BrF3N2O2. The normalized spacial score (nSPS) is 11.1. The lowest BCUT2D eigenvalue weighted by Gasteiger charge is -2.11. The van der Waals surface area contributed by atoms with Crippen molar-refractivity contribution in [1.29, 1.82) is 0 Å². The first-order chi connectivity index (χ1) is 7.33. The molecule has 0 heterocycles. The number of hydrogen-bond donors (Lipinski definition) is 2. The summed E-state index contributed by atoms with van der Waals surface area (Å²) in [6.45, 7) is 0. The Morgan fingerprint density at radius 2 is 2.06 bits per heavy atom. The highest BCUT2D eigenvalue weighted by atomic mass is 79.9. The third kappa shape index (κ3) is 3.38. The zero-order valence-electron chi connectivity index (χ0n) is 7.64. The van der Waals surface area contributed by atoms with E-state index in [0.29, 0.717) is 0 Å². The number of benzene rings is 1. The molecule has 16 heavy (non-hydrogen) atoms. The third-order valence-electron chi connectivity index (χ3n) is 1.55. The van der Waals surface area contributed by atoms with Gasteiger partial charge in [-0.2, -0.15) is 0 Å². The van der Waals surface area contributed by atoms with E-state index in [4.69, 9.17) is 5.84 Å². The molecule has 4 nitrogen and oxygen atoms in total. The molecule has 0 saturated carbocycles. The van der Waals surface area contributed by atoms with Crippen LogP contribution in [-0.4, -0.2) is 12.3 Å². The van der Waals surface area contributed by atoms with Gasteiger partial charge < -0.3 is 4.74 Å². The van der Waals surface area contributed by atoms with Crippen LogP contribution in [0.4, 0.5) is 13.2 Å². The van der Waals surface area contributed by atoms with E-state index in [9.17, 15) is 18.0 Å². The van der Waals surface area contributed by atoms with E-state index in [1.165, 1.54) is 6.07 Å². The van der Waals surface area contributed by atoms with Crippen molar-refractivity contribution in [1.82, 2.24) is 5.43 Å². The molecule has 0 atom stereocenters. The summed E-state index contributed by atoms with van der Waals surface area (Å²) in [7, 11) is 0. The lowest BCUT2D eigenvalue weighted by molar-refractivity contribution is -0.274. The van der Waals surface area contributed by atoms with Gasteiger partial charge in [0.2, 0.25) is 0 Å². The monoisotopic (exact) mass is 298 g/mol. The zero-order valence-corrected chi connectivity index (χ0v) is 9.22. The van der Waals surface area contributed by atoms with Crippen LogP contribution in [0.25, 0.3) is 0 Å². The number of amides is 1. The van der Waals surface area contributed by atoms with Crippen molar-refractivity contribution in [2.24, 2.45) is 5.84 Å². The number of nitrogens with two attached hydrogens (primary N) is 1. The Kier molecular flexibility index (Phi) is 3.76. The molecule has 1 aromatic rings.